The molecule has 4 aromatic rings. The van der Waals surface area contributed by atoms with Gasteiger partial charge in [0.2, 0.25) is 0 Å². The predicted octanol–water partition coefficient (Wildman–Crippen LogP) is 6.54. The predicted molar refractivity (Wildman–Crippen MR) is 193 cm³/mol. The van der Waals surface area contributed by atoms with E-state index in [0.29, 0.717) is 36.6 Å². The van der Waals surface area contributed by atoms with Crippen LogP contribution in [-0.4, -0.2) is 71.6 Å². The maximum absolute atomic E-state index is 13.8. The molecule has 3 atom stereocenters. The van der Waals surface area contributed by atoms with Gasteiger partial charge in [-0.15, -0.1) is 0 Å². The number of urea groups is 1. The zero-order chi connectivity index (χ0) is 37.6. The number of fused-ring (bicyclic) bond motifs is 1. The van der Waals surface area contributed by atoms with Gasteiger partial charge in [0.15, 0.2) is 5.75 Å². The Morgan fingerprint density at radius 2 is 1.63 bits per heavy atom. The summed E-state index contributed by atoms with van der Waals surface area (Å²) in [5.41, 5.74) is 7.99. The SMILES string of the molecule is C[C@H]1CN([C@@H](C)CO)C(=O)c2cccc(NC(=O)Nc3ccc(C(F)(F)F)cc3)c2O[C@H]1CN(C)Cc1ccc(C(=O)Nc2ccccc2N)cc1. The summed E-state index contributed by atoms with van der Waals surface area (Å²) >= 11 is 0. The summed E-state index contributed by atoms with van der Waals surface area (Å²) in [6.07, 6.45) is -5.01. The van der Waals surface area contributed by atoms with Gasteiger partial charge in [-0.05, 0) is 80.2 Å². The Kier molecular flexibility index (Phi) is 11.7. The number of hydrogen-bond donors (Lipinski definition) is 5. The number of nitrogen functional groups attached to an aromatic ring is 1. The molecule has 0 bridgehead atoms. The van der Waals surface area contributed by atoms with Gasteiger partial charge in [0.1, 0.15) is 6.10 Å². The van der Waals surface area contributed by atoms with E-state index < -0.39 is 29.9 Å². The third-order valence-corrected chi connectivity index (χ3v) is 8.78. The van der Waals surface area contributed by atoms with Crippen LogP contribution in [-0.2, 0) is 12.7 Å². The first-order valence-corrected chi connectivity index (χ1v) is 16.6. The number of hydrogen-bond acceptors (Lipinski definition) is 7. The Bertz CT molecular complexity index is 1890. The molecule has 0 radical (unpaired) electrons. The molecule has 52 heavy (non-hydrogen) atoms. The topological polar surface area (TPSA) is 149 Å². The molecule has 0 fully saturated rings. The second-order valence-corrected chi connectivity index (χ2v) is 12.9. The summed E-state index contributed by atoms with van der Waals surface area (Å²) in [6, 6.07) is 21.7. The van der Waals surface area contributed by atoms with E-state index in [0.717, 1.165) is 29.8 Å². The molecule has 0 saturated heterocycles. The summed E-state index contributed by atoms with van der Waals surface area (Å²) < 4.78 is 45.6. The summed E-state index contributed by atoms with van der Waals surface area (Å²) in [5.74, 6) is -0.772. The first-order valence-electron chi connectivity index (χ1n) is 16.6. The molecular weight excluding hydrogens is 677 g/mol. The van der Waals surface area contributed by atoms with E-state index in [4.69, 9.17) is 10.5 Å². The molecule has 14 heteroatoms. The number of carbonyl (C=O) groups excluding carboxylic acids is 3. The maximum Gasteiger partial charge on any atom is 0.416 e. The number of alkyl halides is 3. The largest absolute Gasteiger partial charge is 0.486 e. The lowest BCUT2D eigenvalue weighted by Gasteiger charge is -2.38. The molecule has 4 amide bonds. The molecular formula is C38H41F3N6O5. The van der Waals surface area contributed by atoms with Crippen LogP contribution < -0.4 is 26.4 Å². The molecule has 1 aliphatic heterocycles. The van der Waals surface area contributed by atoms with Crippen LogP contribution in [0, 0.1) is 5.92 Å². The molecule has 11 nitrogen and oxygen atoms in total. The van der Waals surface area contributed by atoms with Crippen molar-refractivity contribution in [1.29, 1.82) is 0 Å². The Morgan fingerprint density at radius 1 is 0.962 bits per heavy atom. The molecule has 6 N–H and O–H groups in total. The van der Waals surface area contributed by atoms with Gasteiger partial charge in [-0.1, -0.05) is 37.3 Å². The highest BCUT2D eigenvalue weighted by Gasteiger charge is 2.35. The van der Waals surface area contributed by atoms with Crippen LogP contribution >= 0.6 is 0 Å². The van der Waals surface area contributed by atoms with E-state index in [1.165, 1.54) is 0 Å². The van der Waals surface area contributed by atoms with Crippen molar-refractivity contribution in [3.05, 3.63) is 113 Å². The van der Waals surface area contributed by atoms with Gasteiger partial charge in [-0.3, -0.25) is 14.5 Å². The van der Waals surface area contributed by atoms with E-state index in [1.807, 2.05) is 31.0 Å². The molecule has 5 rings (SSSR count). The van der Waals surface area contributed by atoms with E-state index in [2.05, 4.69) is 16.0 Å². The highest BCUT2D eigenvalue weighted by atomic mass is 19.4. The lowest BCUT2D eigenvalue weighted by atomic mass is 9.98. The van der Waals surface area contributed by atoms with Gasteiger partial charge in [0, 0.05) is 36.8 Å². The van der Waals surface area contributed by atoms with Crippen LogP contribution in [0.3, 0.4) is 0 Å². The number of carbonyl (C=O) groups is 3. The van der Waals surface area contributed by atoms with Crippen molar-refractivity contribution in [2.24, 2.45) is 5.92 Å². The summed E-state index contributed by atoms with van der Waals surface area (Å²) in [7, 11) is 1.91. The second kappa shape index (κ2) is 16.2. The number of nitrogens with two attached hydrogens (primary N) is 1. The van der Waals surface area contributed by atoms with Crippen molar-refractivity contribution < 1.29 is 37.4 Å². The Hall–Kier alpha value is -5.60. The summed E-state index contributed by atoms with van der Waals surface area (Å²) in [6.45, 7) is 4.61. The van der Waals surface area contributed by atoms with Crippen molar-refractivity contribution in [1.82, 2.24) is 9.80 Å². The third-order valence-electron chi connectivity index (χ3n) is 8.78. The highest BCUT2D eigenvalue weighted by Crippen LogP contribution is 2.35. The number of ether oxygens (including phenoxy) is 1. The minimum Gasteiger partial charge on any atom is -0.486 e. The van der Waals surface area contributed by atoms with Crippen LogP contribution in [0.25, 0.3) is 0 Å². The molecule has 0 aromatic heterocycles. The zero-order valence-corrected chi connectivity index (χ0v) is 28.9. The van der Waals surface area contributed by atoms with Gasteiger partial charge in [0.25, 0.3) is 11.8 Å². The number of likely N-dealkylation sites (N-methyl/N-ethyl adjacent to an activating group) is 1. The lowest BCUT2D eigenvalue weighted by molar-refractivity contribution is -0.137. The van der Waals surface area contributed by atoms with Gasteiger partial charge in [-0.25, -0.2) is 4.79 Å². The zero-order valence-electron chi connectivity index (χ0n) is 28.9. The van der Waals surface area contributed by atoms with Crippen LogP contribution in [0.1, 0.15) is 45.7 Å². The fourth-order valence-corrected chi connectivity index (χ4v) is 5.84. The van der Waals surface area contributed by atoms with Crippen LogP contribution in [0.4, 0.5) is 40.7 Å². The van der Waals surface area contributed by atoms with Gasteiger partial charge in [0.05, 0.1) is 40.8 Å². The minimum absolute atomic E-state index is 0.129. The standard InChI is InChI=1S/C38H41F3N6O5/c1-23-19-47(24(2)22-48)36(50)29-7-6-10-32(45-37(51)43-28-17-15-27(16-18-28)38(39,40)41)34(29)52-33(23)21-46(3)20-25-11-13-26(14-12-25)35(49)44-31-9-5-4-8-30(31)42/h4-18,23-24,33,48H,19-22,42H2,1-3H3,(H,44,49)(H2,43,45,51)/t23-,24-,33-/m0/s1. The van der Waals surface area contributed by atoms with E-state index in [-0.39, 0.29) is 47.0 Å². The molecule has 0 aliphatic carbocycles. The number of para-hydroxylation sites is 3. The molecule has 1 aliphatic rings. The van der Waals surface area contributed by atoms with Crippen LogP contribution in [0.2, 0.25) is 0 Å². The van der Waals surface area contributed by atoms with Crippen molar-refractivity contribution in [2.45, 2.75) is 38.7 Å². The van der Waals surface area contributed by atoms with Gasteiger partial charge >= 0.3 is 12.2 Å². The Labute approximate surface area is 299 Å². The number of nitrogens with one attached hydrogen (secondary N) is 3. The average Bonchev–Trinajstić information content (AvgIpc) is 3.10. The van der Waals surface area contributed by atoms with E-state index in [9.17, 15) is 32.7 Å². The number of anilines is 4. The first-order chi connectivity index (χ1) is 24.7. The number of aliphatic hydroxyl groups excluding tert-OH is 1. The highest BCUT2D eigenvalue weighted by molar-refractivity contribution is 6.06. The number of nitrogens with zero attached hydrogens (tertiary/aromatic N) is 2. The van der Waals surface area contributed by atoms with Crippen molar-refractivity contribution in [3.8, 4) is 5.75 Å². The number of benzene rings is 4. The lowest BCUT2D eigenvalue weighted by Crippen LogP contribution is -2.49. The van der Waals surface area contributed by atoms with Crippen molar-refractivity contribution in [2.75, 3.05) is 48.4 Å². The average molecular weight is 719 g/mol. The second-order valence-electron chi connectivity index (χ2n) is 12.9. The quantitative estimate of drug-likeness (QED) is 0.117. The number of amides is 4. The normalized spacial score (nSPS) is 16.6. The maximum atomic E-state index is 13.8. The summed E-state index contributed by atoms with van der Waals surface area (Å²) in [4.78, 5) is 43.3. The smallest absolute Gasteiger partial charge is 0.416 e. The Balaban J connectivity index is 1.32. The van der Waals surface area contributed by atoms with Crippen molar-refractivity contribution >= 4 is 40.6 Å². The third kappa shape index (κ3) is 9.19. The van der Waals surface area contributed by atoms with E-state index >= 15 is 0 Å². The minimum atomic E-state index is -4.52. The van der Waals surface area contributed by atoms with Gasteiger partial charge in [-0.2, -0.15) is 13.2 Å². The number of rotatable bonds is 10. The Morgan fingerprint density at radius 3 is 2.29 bits per heavy atom. The molecule has 4 aromatic carbocycles. The molecule has 0 unspecified atom stereocenters. The van der Waals surface area contributed by atoms with Crippen LogP contribution in [0.5, 0.6) is 5.75 Å². The number of halogens is 3. The first kappa shape index (κ1) is 37.7. The fraction of sp³-hybridized carbons (Fsp3) is 0.289. The summed E-state index contributed by atoms with van der Waals surface area (Å²) in [5, 5.41) is 18.0. The molecule has 274 valence electrons. The van der Waals surface area contributed by atoms with Crippen LogP contribution in [0.15, 0.2) is 91.0 Å². The molecule has 0 spiro atoms. The van der Waals surface area contributed by atoms with E-state index in [1.54, 1.807) is 66.4 Å². The molecule has 1 heterocycles. The van der Waals surface area contributed by atoms with Gasteiger partial charge < -0.3 is 36.4 Å². The molecule has 0 saturated carbocycles. The van der Waals surface area contributed by atoms with Crippen molar-refractivity contribution in [3.63, 3.8) is 0 Å². The number of aliphatic hydroxyl groups is 1. The monoisotopic (exact) mass is 718 g/mol. The fourth-order valence-electron chi connectivity index (χ4n) is 5.84.